The van der Waals surface area contributed by atoms with E-state index in [2.05, 4.69) is 16.1 Å². The highest BCUT2D eigenvalue weighted by molar-refractivity contribution is 5.54. The van der Waals surface area contributed by atoms with Gasteiger partial charge in [-0.05, 0) is 19.4 Å². The third-order valence-electron chi connectivity index (χ3n) is 3.04. The molecule has 1 fully saturated rings. The molecule has 1 unspecified atom stereocenters. The molecule has 17 heavy (non-hydrogen) atoms. The summed E-state index contributed by atoms with van der Waals surface area (Å²) in [6, 6.07) is 2.07. The minimum absolute atomic E-state index is 0.316. The normalized spacial score (nSPS) is 19.3. The van der Waals surface area contributed by atoms with E-state index in [4.69, 9.17) is 4.74 Å². The van der Waals surface area contributed by atoms with Crippen molar-refractivity contribution in [2.45, 2.75) is 26.0 Å². The molecule has 2 aromatic rings. The molecule has 90 valence electrons. The summed E-state index contributed by atoms with van der Waals surface area (Å²) >= 11 is 0. The number of hydrogen-bond donors (Lipinski definition) is 0. The van der Waals surface area contributed by atoms with Gasteiger partial charge in [0.05, 0.1) is 30.4 Å². The molecule has 0 radical (unpaired) electrons. The maximum atomic E-state index is 5.45. The molecular weight excluding hydrogens is 216 g/mol. The average molecular weight is 232 g/mol. The standard InChI is InChI=1S/C12H16N4O/c1-9-5-12(11-7-15(2)8-13-11)16(14-9)6-10-3-4-17-10/h5,7-8,10H,3-4,6H2,1-2H3. The summed E-state index contributed by atoms with van der Waals surface area (Å²) in [4.78, 5) is 4.37. The van der Waals surface area contributed by atoms with Crippen molar-refractivity contribution in [2.75, 3.05) is 6.61 Å². The Hall–Kier alpha value is -1.62. The van der Waals surface area contributed by atoms with Gasteiger partial charge in [-0.1, -0.05) is 0 Å². The second-order valence-corrected chi connectivity index (χ2v) is 4.56. The van der Waals surface area contributed by atoms with E-state index in [1.54, 1.807) is 0 Å². The molecule has 3 heterocycles. The lowest BCUT2D eigenvalue weighted by molar-refractivity contribution is -0.0606. The Kier molecular flexibility index (Phi) is 2.48. The SMILES string of the molecule is Cc1cc(-c2cn(C)cn2)n(CC2CCO2)n1. The number of aromatic nitrogens is 4. The maximum Gasteiger partial charge on any atom is 0.106 e. The third kappa shape index (κ3) is 1.98. The average Bonchev–Trinajstić information content (AvgIpc) is 2.78. The summed E-state index contributed by atoms with van der Waals surface area (Å²) in [5, 5.41) is 4.51. The molecule has 0 spiro atoms. The van der Waals surface area contributed by atoms with Crippen molar-refractivity contribution in [3.63, 3.8) is 0 Å². The van der Waals surface area contributed by atoms with E-state index in [1.807, 2.05) is 35.7 Å². The van der Waals surface area contributed by atoms with Crippen LogP contribution in [0.5, 0.6) is 0 Å². The summed E-state index contributed by atoms with van der Waals surface area (Å²) in [7, 11) is 1.97. The van der Waals surface area contributed by atoms with Gasteiger partial charge < -0.3 is 9.30 Å². The van der Waals surface area contributed by atoms with E-state index in [9.17, 15) is 0 Å². The first-order valence-electron chi connectivity index (χ1n) is 5.87. The molecule has 0 N–H and O–H groups in total. The fraction of sp³-hybridized carbons (Fsp3) is 0.500. The second kappa shape index (κ2) is 4.00. The summed E-state index contributed by atoms with van der Waals surface area (Å²) in [5.74, 6) is 0. The van der Waals surface area contributed by atoms with E-state index >= 15 is 0 Å². The molecule has 0 aliphatic carbocycles. The lowest BCUT2D eigenvalue weighted by atomic mass is 10.2. The first-order valence-corrected chi connectivity index (χ1v) is 5.87. The van der Waals surface area contributed by atoms with Crippen molar-refractivity contribution >= 4 is 0 Å². The van der Waals surface area contributed by atoms with Crippen molar-refractivity contribution in [3.05, 3.63) is 24.3 Å². The zero-order chi connectivity index (χ0) is 11.8. The van der Waals surface area contributed by atoms with Gasteiger partial charge >= 0.3 is 0 Å². The van der Waals surface area contributed by atoms with E-state index in [1.165, 1.54) is 0 Å². The van der Waals surface area contributed by atoms with E-state index in [0.29, 0.717) is 6.10 Å². The van der Waals surface area contributed by atoms with Gasteiger partial charge in [-0.25, -0.2) is 4.98 Å². The van der Waals surface area contributed by atoms with Gasteiger partial charge in [0.2, 0.25) is 0 Å². The van der Waals surface area contributed by atoms with Crippen LogP contribution in [0.3, 0.4) is 0 Å². The Morgan fingerprint density at radius 3 is 2.94 bits per heavy atom. The Bertz CT molecular complexity index is 524. The van der Waals surface area contributed by atoms with Crippen LogP contribution in [-0.2, 0) is 18.3 Å². The van der Waals surface area contributed by atoms with Crippen molar-refractivity contribution in [3.8, 4) is 11.4 Å². The quantitative estimate of drug-likeness (QED) is 0.803. The fourth-order valence-corrected chi connectivity index (χ4v) is 2.06. The van der Waals surface area contributed by atoms with E-state index in [0.717, 1.165) is 36.7 Å². The first-order chi connectivity index (χ1) is 8.22. The summed E-state index contributed by atoms with van der Waals surface area (Å²) in [6.07, 6.45) is 5.26. The minimum Gasteiger partial charge on any atom is -0.376 e. The number of hydrogen-bond acceptors (Lipinski definition) is 3. The molecular formula is C12H16N4O. The highest BCUT2D eigenvalue weighted by Gasteiger charge is 2.21. The van der Waals surface area contributed by atoms with Gasteiger partial charge in [-0.3, -0.25) is 4.68 Å². The van der Waals surface area contributed by atoms with Crippen LogP contribution in [0.15, 0.2) is 18.6 Å². The van der Waals surface area contributed by atoms with Gasteiger partial charge in [-0.15, -0.1) is 0 Å². The Morgan fingerprint density at radius 1 is 1.53 bits per heavy atom. The summed E-state index contributed by atoms with van der Waals surface area (Å²) in [5.41, 5.74) is 3.05. The summed E-state index contributed by atoms with van der Waals surface area (Å²) in [6.45, 7) is 3.70. The predicted octanol–water partition coefficient (Wildman–Crippen LogP) is 1.38. The van der Waals surface area contributed by atoms with Crippen LogP contribution in [0, 0.1) is 6.92 Å². The van der Waals surface area contributed by atoms with E-state index in [-0.39, 0.29) is 0 Å². The molecule has 2 aromatic heterocycles. The second-order valence-electron chi connectivity index (χ2n) is 4.56. The molecule has 0 aromatic carbocycles. The Morgan fingerprint density at radius 2 is 2.35 bits per heavy atom. The molecule has 3 rings (SSSR count). The van der Waals surface area contributed by atoms with Crippen molar-refractivity contribution in [1.29, 1.82) is 0 Å². The van der Waals surface area contributed by atoms with Gasteiger partial charge in [-0.2, -0.15) is 5.10 Å². The van der Waals surface area contributed by atoms with Crippen molar-refractivity contribution < 1.29 is 4.74 Å². The number of imidazole rings is 1. The van der Waals surface area contributed by atoms with Crippen LogP contribution in [-0.4, -0.2) is 32.0 Å². The number of rotatable bonds is 3. The molecule has 1 saturated heterocycles. The van der Waals surface area contributed by atoms with Gasteiger partial charge in [0, 0.05) is 19.9 Å². The van der Waals surface area contributed by atoms with E-state index < -0.39 is 0 Å². The number of aryl methyl sites for hydroxylation is 2. The van der Waals surface area contributed by atoms with Crippen LogP contribution < -0.4 is 0 Å². The first kappa shape index (κ1) is 10.5. The maximum absolute atomic E-state index is 5.45. The molecule has 1 aliphatic rings. The molecule has 5 nitrogen and oxygen atoms in total. The molecule has 5 heteroatoms. The monoisotopic (exact) mass is 232 g/mol. The van der Waals surface area contributed by atoms with Gasteiger partial charge in [0.1, 0.15) is 5.69 Å². The zero-order valence-electron chi connectivity index (χ0n) is 10.1. The van der Waals surface area contributed by atoms with Crippen molar-refractivity contribution in [1.82, 2.24) is 19.3 Å². The molecule has 1 aliphatic heterocycles. The fourth-order valence-electron chi connectivity index (χ4n) is 2.06. The smallest absolute Gasteiger partial charge is 0.106 e. The van der Waals surface area contributed by atoms with Crippen LogP contribution in [0.2, 0.25) is 0 Å². The molecule has 0 saturated carbocycles. The Balaban J connectivity index is 1.91. The lowest BCUT2D eigenvalue weighted by Gasteiger charge is -2.26. The molecule has 1 atom stereocenters. The largest absolute Gasteiger partial charge is 0.376 e. The third-order valence-corrected chi connectivity index (χ3v) is 3.04. The number of nitrogens with zero attached hydrogens (tertiary/aromatic N) is 4. The minimum atomic E-state index is 0.316. The molecule has 0 amide bonds. The predicted molar refractivity (Wildman–Crippen MR) is 63.5 cm³/mol. The summed E-state index contributed by atoms with van der Waals surface area (Å²) < 4.78 is 9.40. The molecule has 0 bridgehead atoms. The van der Waals surface area contributed by atoms with Gasteiger partial charge in [0.15, 0.2) is 0 Å². The van der Waals surface area contributed by atoms with Crippen molar-refractivity contribution in [2.24, 2.45) is 7.05 Å². The van der Waals surface area contributed by atoms with Crippen LogP contribution in [0.4, 0.5) is 0 Å². The highest BCUT2D eigenvalue weighted by Crippen LogP contribution is 2.21. The topological polar surface area (TPSA) is 44.9 Å². The lowest BCUT2D eigenvalue weighted by Crippen LogP contribution is -2.31. The number of ether oxygens (including phenoxy) is 1. The van der Waals surface area contributed by atoms with Crippen LogP contribution >= 0.6 is 0 Å². The van der Waals surface area contributed by atoms with Crippen LogP contribution in [0.1, 0.15) is 12.1 Å². The van der Waals surface area contributed by atoms with Crippen LogP contribution in [0.25, 0.3) is 11.4 Å². The van der Waals surface area contributed by atoms with Gasteiger partial charge in [0.25, 0.3) is 0 Å². The Labute approximate surface area is 100 Å². The zero-order valence-corrected chi connectivity index (χ0v) is 10.1. The highest BCUT2D eigenvalue weighted by atomic mass is 16.5.